The molecule has 0 saturated carbocycles. The van der Waals surface area contributed by atoms with E-state index in [-0.39, 0.29) is 6.32 Å². The molecule has 6 aromatic rings. The molecule has 0 aliphatic carbocycles. The molecule has 0 atom stereocenters. The summed E-state index contributed by atoms with van der Waals surface area (Å²) in [6.45, 7) is 0. The first-order chi connectivity index (χ1) is 14.7. The third kappa shape index (κ3) is 2.57. The molecule has 0 unspecified atom stereocenters. The number of hydrogen-bond donors (Lipinski definition) is 2. The lowest BCUT2D eigenvalue weighted by Gasteiger charge is -2.08. The molecule has 30 heavy (non-hydrogen) atoms. The molecule has 2 heterocycles. The first kappa shape index (κ1) is 17.3. The summed E-state index contributed by atoms with van der Waals surface area (Å²) in [5.41, 5.74) is 5.86. The Morgan fingerprint density at radius 3 is 1.93 bits per heavy atom. The molecular formula is C25H18BNO3. The monoisotopic (exact) mass is 391 g/mol. The summed E-state index contributed by atoms with van der Waals surface area (Å²) >= 11 is 0. The second-order valence-corrected chi connectivity index (χ2v) is 7.67. The highest BCUT2D eigenvalue weighted by Gasteiger charge is 2.15. The predicted molar refractivity (Wildman–Crippen MR) is 122 cm³/mol. The van der Waals surface area contributed by atoms with Crippen molar-refractivity contribution in [2.24, 2.45) is 0 Å². The molecule has 2 aromatic heterocycles. The Morgan fingerprint density at radius 2 is 1.27 bits per heavy atom. The molecule has 0 bridgehead atoms. The number of nitrogens with zero attached hydrogens (tertiary/aromatic N) is 1. The predicted octanol–water partition coefficient (Wildman–Crippen LogP) is 5.24. The van der Waals surface area contributed by atoms with Gasteiger partial charge in [-0.05, 0) is 48.0 Å². The van der Waals surface area contributed by atoms with Gasteiger partial charge in [0.15, 0.2) is 0 Å². The fourth-order valence-corrected chi connectivity index (χ4v) is 4.49. The quantitative estimate of drug-likeness (QED) is 0.406. The summed E-state index contributed by atoms with van der Waals surface area (Å²) in [6.07, 6.45) is 0.190. The fourth-order valence-electron chi connectivity index (χ4n) is 4.49. The molecule has 6 rings (SSSR count). The molecule has 0 radical (unpaired) electrons. The molecular weight excluding hydrogens is 373 g/mol. The minimum absolute atomic E-state index is 0.190. The zero-order valence-corrected chi connectivity index (χ0v) is 16.1. The van der Waals surface area contributed by atoms with Crippen molar-refractivity contribution < 1.29 is 14.5 Å². The summed E-state index contributed by atoms with van der Waals surface area (Å²) < 4.78 is 8.31. The molecule has 4 nitrogen and oxygen atoms in total. The minimum Gasteiger partial charge on any atom is -0.456 e. The molecule has 0 spiro atoms. The van der Waals surface area contributed by atoms with Gasteiger partial charge >= 0.3 is 7.12 Å². The van der Waals surface area contributed by atoms with E-state index >= 15 is 0 Å². The lowest BCUT2D eigenvalue weighted by molar-refractivity contribution is 0.405. The van der Waals surface area contributed by atoms with Crippen LogP contribution < -0.4 is 0 Å². The van der Waals surface area contributed by atoms with Crippen LogP contribution in [0.3, 0.4) is 0 Å². The number of aromatic nitrogens is 1. The Bertz CT molecular complexity index is 1510. The number of furan rings is 1. The van der Waals surface area contributed by atoms with Crippen LogP contribution in [0.5, 0.6) is 0 Å². The van der Waals surface area contributed by atoms with Crippen LogP contribution in [0.25, 0.3) is 49.4 Å². The van der Waals surface area contributed by atoms with Crippen LogP contribution in [0.1, 0.15) is 5.56 Å². The van der Waals surface area contributed by atoms with Gasteiger partial charge in [0, 0.05) is 33.6 Å². The first-order valence-electron chi connectivity index (χ1n) is 9.99. The second-order valence-electron chi connectivity index (χ2n) is 7.67. The summed E-state index contributed by atoms with van der Waals surface area (Å²) in [5, 5.41) is 23.1. The molecule has 2 N–H and O–H groups in total. The number of rotatable bonds is 3. The van der Waals surface area contributed by atoms with Crippen molar-refractivity contribution in [3.8, 4) is 5.69 Å². The number of benzene rings is 4. The second kappa shape index (κ2) is 6.49. The van der Waals surface area contributed by atoms with E-state index in [1.54, 1.807) is 0 Å². The Hall–Kier alpha value is -3.54. The van der Waals surface area contributed by atoms with Gasteiger partial charge in [0.25, 0.3) is 0 Å². The van der Waals surface area contributed by atoms with Crippen molar-refractivity contribution >= 4 is 50.9 Å². The molecule has 4 aromatic carbocycles. The fraction of sp³-hybridized carbons (Fsp3) is 0.0400. The van der Waals surface area contributed by atoms with E-state index in [1.165, 1.54) is 10.8 Å². The third-order valence-corrected chi connectivity index (χ3v) is 5.77. The molecule has 0 aliphatic rings. The zero-order valence-electron chi connectivity index (χ0n) is 16.1. The standard InChI is InChI=1S/C25H18BNO3/c28-26(29)15-16-9-11-24-20(13-16)21-14-17(10-12-25(21)30-24)27-22-7-3-1-5-18(22)19-6-2-4-8-23(19)27/h1-14,28-29H,15H2. The van der Waals surface area contributed by atoms with E-state index in [0.29, 0.717) is 0 Å². The van der Waals surface area contributed by atoms with E-state index < -0.39 is 7.12 Å². The molecule has 0 fully saturated rings. The molecule has 144 valence electrons. The van der Waals surface area contributed by atoms with Gasteiger partial charge in [-0.25, -0.2) is 0 Å². The van der Waals surface area contributed by atoms with Crippen LogP contribution in [0.2, 0.25) is 0 Å². The Labute approximate surface area is 172 Å². The average Bonchev–Trinajstić information content (AvgIpc) is 3.28. The van der Waals surface area contributed by atoms with Crippen molar-refractivity contribution in [3.05, 3.63) is 90.5 Å². The van der Waals surface area contributed by atoms with Gasteiger partial charge in [-0.15, -0.1) is 0 Å². The summed E-state index contributed by atoms with van der Waals surface area (Å²) in [4.78, 5) is 0. The van der Waals surface area contributed by atoms with E-state index in [9.17, 15) is 10.0 Å². The highest BCUT2D eigenvalue weighted by Crippen LogP contribution is 2.35. The van der Waals surface area contributed by atoms with Crippen molar-refractivity contribution in [1.29, 1.82) is 0 Å². The van der Waals surface area contributed by atoms with Crippen LogP contribution in [0, 0.1) is 0 Å². The van der Waals surface area contributed by atoms with Gasteiger partial charge in [0.1, 0.15) is 11.2 Å². The van der Waals surface area contributed by atoms with Crippen LogP contribution in [-0.2, 0) is 6.32 Å². The highest BCUT2D eigenvalue weighted by atomic mass is 16.4. The summed E-state index contributed by atoms with van der Waals surface area (Å²) in [5.74, 6) is 0. The lowest BCUT2D eigenvalue weighted by atomic mass is 9.82. The largest absolute Gasteiger partial charge is 0.456 e. The number of fused-ring (bicyclic) bond motifs is 6. The van der Waals surface area contributed by atoms with E-state index in [1.807, 2.05) is 24.3 Å². The van der Waals surface area contributed by atoms with Gasteiger partial charge in [-0.1, -0.05) is 42.5 Å². The van der Waals surface area contributed by atoms with Gasteiger partial charge in [-0.3, -0.25) is 0 Å². The van der Waals surface area contributed by atoms with E-state index in [2.05, 4.69) is 65.2 Å². The van der Waals surface area contributed by atoms with E-state index in [4.69, 9.17) is 4.42 Å². The third-order valence-electron chi connectivity index (χ3n) is 5.77. The topological polar surface area (TPSA) is 58.5 Å². The van der Waals surface area contributed by atoms with Crippen molar-refractivity contribution in [2.45, 2.75) is 6.32 Å². The van der Waals surface area contributed by atoms with Crippen molar-refractivity contribution in [1.82, 2.24) is 4.57 Å². The van der Waals surface area contributed by atoms with Gasteiger partial charge in [0.2, 0.25) is 0 Å². The maximum Gasteiger partial charge on any atom is 0.456 e. The Kier molecular flexibility index (Phi) is 3.75. The Balaban J connectivity index is 1.64. The van der Waals surface area contributed by atoms with Crippen LogP contribution >= 0.6 is 0 Å². The summed E-state index contributed by atoms with van der Waals surface area (Å²) in [6, 6.07) is 28.9. The number of para-hydroxylation sites is 2. The van der Waals surface area contributed by atoms with E-state index in [0.717, 1.165) is 44.2 Å². The lowest BCUT2D eigenvalue weighted by Crippen LogP contribution is -2.14. The molecule has 0 aliphatic heterocycles. The summed E-state index contributed by atoms with van der Waals surface area (Å²) in [7, 11) is -1.37. The van der Waals surface area contributed by atoms with Crippen LogP contribution in [0.4, 0.5) is 0 Å². The van der Waals surface area contributed by atoms with Gasteiger partial charge in [0.05, 0.1) is 11.0 Å². The van der Waals surface area contributed by atoms with Gasteiger partial charge in [-0.2, -0.15) is 0 Å². The Morgan fingerprint density at radius 1 is 0.667 bits per heavy atom. The maximum absolute atomic E-state index is 9.34. The molecule has 0 amide bonds. The van der Waals surface area contributed by atoms with Crippen LogP contribution in [-0.4, -0.2) is 21.7 Å². The van der Waals surface area contributed by atoms with Gasteiger partial charge < -0.3 is 19.0 Å². The smallest absolute Gasteiger partial charge is 0.456 e. The molecule has 0 saturated heterocycles. The first-order valence-corrected chi connectivity index (χ1v) is 9.99. The molecule has 5 heteroatoms. The SMILES string of the molecule is OB(O)Cc1ccc2oc3ccc(-n4c5ccccc5c5ccccc54)cc3c2c1. The normalized spacial score (nSPS) is 11.8. The minimum atomic E-state index is -1.37. The average molecular weight is 391 g/mol. The van der Waals surface area contributed by atoms with Crippen molar-refractivity contribution in [3.63, 3.8) is 0 Å². The number of hydrogen-bond acceptors (Lipinski definition) is 3. The highest BCUT2D eigenvalue weighted by molar-refractivity contribution is 6.40. The van der Waals surface area contributed by atoms with Crippen molar-refractivity contribution in [2.75, 3.05) is 0 Å². The van der Waals surface area contributed by atoms with Crippen LogP contribution in [0.15, 0.2) is 89.3 Å². The zero-order chi connectivity index (χ0) is 20.2. The maximum atomic E-state index is 9.34.